The highest BCUT2D eigenvalue weighted by Crippen LogP contribution is 2.38. The summed E-state index contributed by atoms with van der Waals surface area (Å²) in [5.74, 6) is -0.154. The molecule has 5 aliphatic rings. The predicted octanol–water partition coefficient (Wildman–Crippen LogP) is 5.31. The van der Waals surface area contributed by atoms with Gasteiger partial charge in [0.1, 0.15) is 22.8 Å². The van der Waals surface area contributed by atoms with E-state index in [1.54, 1.807) is 6.07 Å². The highest BCUT2D eigenvalue weighted by Gasteiger charge is 2.38. The van der Waals surface area contributed by atoms with Crippen LogP contribution in [0.3, 0.4) is 0 Å². The molecule has 0 spiro atoms. The Hall–Kier alpha value is -3.21. The van der Waals surface area contributed by atoms with Gasteiger partial charge in [-0.25, -0.2) is 18.7 Å². The molecule has 8 nitrogen and oxygen atoms in total. The number of aliphatic hydroxyl groups excluding tert-OH is 1. The number of rotatable bonds is 8. The van der Waals surface area contributed by atoms with E-state index in [1.807, 2.05) is 38.2 Å². The number of carbonyl (C=O) groups excluding carboxylic acids is 1. The zero-order chi connectivity index (χ0) is 32.0. The molecule has 10 heteroatoms. The molecule has 4 atom stereocenters. The van der Waals surface area contributed by atoms with E-state index >= 15 is 8.78 Å². The van der Waals surface area contributed by atoms with Gasteiger partial charge in [-0.1, -0.05) is 19.9 Å². The first-order valence-electron chi connectivity index (χ1n) is 17.0. The quantitative estimate of drug-likeness (QED) is 0.348. The number of amides is 1. The minimum atomic E-state index is -1.32. The van der Waals surface area contributed by atoms with Gasteiger partial charge in [0.2, 0.25) is 0 Å². The molecule has 6 heterocycles. The Kier molecular flexibility index (Phi) is 8.71. The second kappa shape index (κ2) is 12.8. The van der Waals surface area contributed by atoms with Gasteiger partial charge >= 0.3 is 0 Å². The fraction of sp³-hybridized carbons (Fsp3) is 0.583. The van der Waals surface area contributed by atoms with E-state index < -0.39 is 11.5 Å². The number of likely N-dealkylation sites (tertiary alicyclic amines) is 1. The van der Waals surface area contributed by atoms with Crippen LogP contribution < -0.4 is 10.2 Å². The first-order valence-corrected chi connectivity index (χ1v) is 17.0. The molecule has 0 saturated carbocycles. The third-order valence-electron chi connectivity index (χ3n) is 10.8. The summed E-state index contributed by atoms with van der Waals surface area (Å²) in [7, 11) is 0. The number of ether oxygens (including phenoxy) is 1. The van der Waals surface area contributed by atoms with Crippen molar-refractivity contribution in [3.8, 4) is 0 Å². The summed E-state index contributed by atoms with van der Waals surface area (Å²) < 4.78 is 36.9. The van der Waals surface area contributed by atoms with Gasteiger partial charge in [-0.05, 0) is 86.3 Å². The van der Waals surface area contributed by atoms with Crippen LogP contribution in [0.15, 0.2) is 36.5 Å². The van der Waals surface area contributed by atoms with Crippen molar-refractivity contribution in [3.05, 3.63) is 64.7 Å². The van der Waals surface area contributed by atoms with Crippen LogP contribution in [0.5, 0.6) is 0 Å². The van der Waals surface area contributed by atoms with Crippen LogP contribution in [0.1, 0.15) is 85.6 Å². The highest BCUT2D eigenvalue weighted by atomic mass is 19.1. The van der Waals surface area contributed by atoms with Crippen molar-refractivity contribution in [1.82, 2.24) is 20.2 Å². The number of hydrogen-bond donors (Lipinski definition) is 2. The smallest absolute Gasteiger partial charge is 0.251 e. The number of nitrogens with zero attached hydrogens (tertiary/aromatic N) is 4. The van der Waals surface area contributed by atoms with Gasteiger partial charge in [0.15, 0.2) is 0 Å². The fourth-order valence-corrected chi connectivity index (χ4v) is 7.67. The molecule has 4 fully saturated rings. The van der Waals surface area contributed by atoms with Crippen molar-refractivity contribution >= 4 is 22.6 Å². The Labute approximate surface area is 269 Å². The van der Waals surface area contributed by atoms with Gasteiger partial charge in [-0.2, -0.15) is 0 Å². The molecule has 4 saturated heterocycles. The number of anilines is 1. The van der Waals surface area contributed by atoms with E-state index in [9.17, 15) is 9.90 Å². The average molecular weight is 634 g/mol. The molecular formula is C36H45F2N5O3. The van der Waals surface area contributed by atoms with Crippen LogP contribution >= 0.6 is 0 Å². The lowest BCUT2D eigenvalue weighted by Crippen LogP contribution is -2.54. The summed E-state index contributed by atoms with van der Waals surface area (Å²) in [5, 5.41) is 13.6. The number of piperidine rings is 2. The first kappa shape index (κ1) is 31.4. The summed E-state index contributed by atoms with van der Waals surface area (Å²) in [6.45, 7) is 7.71. The summed E-state index contributed by atoms with van der Waals surface area (Å²) in [4.78, 5) is 27.8. The lowest BCUT2D eigenvalue weighted by molar-refractivity contribution is -0.0228. The Balaban J connectivity index is 1.12. The molecule has 8 rings (SSSR count). The molecule has 0 radical (unpaired) electrons. The zero-order valence-electron chi connectivity index (χ0n) is 26.9. The van der Waals surface area contributed by atoms with Crippen molar-refractivity contribution in [2.75, 3.05) is 37.7 Å². The van der Waals surface area contributed by atoms with Gasteiger partial charge in [0.05, 0.1) is 30.9 Å². The maximum absolute atomic E-state index is 15.6. The number of pyridine rings is 2. The Morgan fingerprint density at radius 2 is 2.00 bits per heavy atom. The predicted molar refractivity (Wildman–Crippen MR) is 173 cm³/mol. The van der Waals surface area contributed by atoms with Crippen molar-refractivity contribution in [3.63, 3.8) is 0 Å². The van der Waals surface area contributed by atoms with Gasteiger partial charge in [0, 0.05) is 55.4 Å². The average Bonchev–Trinajstić information content (AvgIpc) is 3.07. The molecule has 2 aromatic heterocycles. The van der Waals surface area contributed by atoms with Crippen LogP contribution in [0.2, 0.25) is 0 Å². The minimum absolute atomic E-state index is 0.135. The van der Waals surface area contributed by atoms with E-state index in [0.717, 1.165) is 81.1 Å². The fourth-order valence-electron chi connectivity index (χ4n) is 7.67. The first-order chi connectivity index (χ1) is 22.1. The molecule has 2 bridgehead atoms. The van der Waals surface area contributed by atoms with Crippen LogP contribution in [-0.2, 0) is 17.6 Å². The number of aliphatic hydroxyl groups is 1. The normalized spacial score (nSPS) is 26.0. The number of aryl methyl sites for hydroxylation is 1. The second-order valence-corrected chi connectivity index (χ2v) is 14.2. The summed E-state index contributed by atoms with van der Waals surface area (Å²) in [5.41, 5.74) is 1.52. The molecule has 2 N–H and O–H groups in total. The monoisotopic (exact) mass is 633 g/mol. The zero-order valence-corrected chi connectivity index (χ0v) is 26.9. The summed E-state index contributed by atoms with van der Waals surface area (Å²) in [6, 6.07) is 8.79. The number of halogens is 2. The molecular weight excluding hydrogens is 588 g/mol. The van der Waals surface area contributed by atoms with Crippen molar-refractivity contribution in [2.45, 2.75) is 95.2 Å². The number of fused-ring (bicyclic) bond motifs is 5. The molecule has 46 heavy (non-hydrogen) atoms. The SMILES string of the molecule is CC(C)C1(F)CCc2nc3c(F)cc(C(=O)N[C@H](CCN4CCC(O)CC4)c4ccc(N5CC6CCC5CO6)nc4)cc3cc2C1. The number of morpholine rings is 1. The molecule has 1 amide bonds. The molecule has 3 unspecified atom stereocenters. The van der Waals surface area contributed by atoms with Crippen LogP contribution in [-0.4, -0.2) is 82.6 Å². The molecule has 4 aliphatic heterocycles. The van der Waals surface area contributed by atoms with Crippen LogP contribution in [0.25, 0.3) is 10.9 Å². The molecule has 1 aliphatic carbocycles. The van der Waals surface area contributed by atoms with E-state index in [2.05, 4.69) is 20.1 Å². The van der Waals surface area contributed by atoms with Crippen LogP contribution in [0, 0.1) is 11.7 Å². The van der Waals surface area contributed by atoms with Crippen molar-refractivity contribution in [2.24, 2.45) is 5.92 Å². The maximum atomic E-state index is 15.6. The highest BCUT2D eigenvalue weighted by molar-refractivity contribution is 5.98. The molecule has 1 aromatic carbocycles. The number of nitrogens with one attached hydrogen (secondary N) is 1. The number of benzene rings is 1. The van der Waals surface area contributed by atoms with E-state index in [1.165, 1.54) is 6.07 Å². The largest absolute Gasteiger partial charge is 0.393 e. The van der Waals surface area contributed by atoms with Gasteiger partial charge < -0.3 is 25.0 Å². The van der Waals surface area contributed by atoms with Crippen molar-refractivity contribution in [1.29, 1.82) is 0 Å². The second-order valence-electron chi connectivity index (χ2n) is 14.2. The standard InChI is InChI=1S/C36H45F2N5O3/c1-22(2)36(38)11-7-31-26(18-36)16-24-15-25(17-30(37)34(24)40-31)35(45)41-32(10-14-42-12-8-28(44)9-13-42)23-3-6-33(39-19-23)43-20-29-5-4-27(43)21-46-29/h3,6,15-17,19,22,27-29,32,44H,4-5,7-14,18,20-21H2,1-2H3,(H,41,45)/t27?,29?,32-,36?/m1/s1. The number of alkyl halides is 1. The van der Waals surface area contributed by atoms with Gasteiger partial charge in [0.25, 0.3) is 5.91 Å². The number of aromatic nitrogens is 2. The number of carbonyl (C=O) groups is 1. The minimum Gasteiger partial charge on any atom is -0.393 e. The topological polar surface area (TPSA) is 90.8 Å². The third-order valence-corrected chi connectivity index (χ3v) is 10.8. The van der Waals surface area contributed by atoms with E-state index in [-0.39, 0.29) is 47.6 Å². The van der Waals surface area contributed by atoms with Crippen LogP contribution in [0.4, 0.5) is 14.6 Å². The maximum Gasteiger partial charge on any atom is 0.251 e. The molecule has 3 aromatic rings. The van der Waals surface area contributed by atoms with Gasteiger partial charge in [-0.15, -0.1) is 0 Å². The lowest BCUT2D eigenvalue weighted by Gasteiger charge is -2.45. The van der Waals surface area contributed by atoms with Crippen molar-refractivity contribution < 1.29 is 23.4 Å². The summed E-state index contributed by atoms with van der Waals surface area (Å²) >= 11 is 0. The van der Waals surface area contributed by atoms with Gasteiger partial charge in [-0.3, -0.25) is 4.79 Å². The lowest BCUT2D eigenvalue weighted by atomic mass is 9.77. The Bertz CT molecular complexity index is 1570. The summed E-state index contributed by atoms with van der Waals surface area (Å²) in [6.07, 6.45) is 7.24. The third kappa shape index (κ3) is 6.36. The molecule has 246 valence electrons. The Morgan fingerprint density at radius 3 is 2.67 bits per heavy atom. The van der Waals surface area contributed by atoms with E-state index in [0.29, 0.717) is 30.7 Å². The van der Waals surface area contributed by atoms with E-state index in [4.69, 9.17) is 9.72 Å². The Morgan fingerprint density at radius 1 is 1.17 bits per heavy atom. The number of hydrogen-bond acceptors (Lipinski definition) is 7.